The molecule has 0 spiro atoms. The van der Waals surface area contributed by atoms with Crippen molar-refractivity contribution in [1.82, 2.24) is 10.1 Å². The molecule has 0 bridgehead atoms. The lowest BCUT2D eigenvalue weighted by atomic mass is 9.94. The third-order valence-corrected chi connectivity index (χ3v) is 3.08. The number of nitrogens with zero attached hydrogens (tertiary/aromatic N) is 2. The average molecular weight is 266 g/mol. The van der Waals surface area contributed by atoms with E-state index in [0.717, 1.165) is 10.6 Å². The van der Waals surface area contributed by atoms with Crippen LogP contribution in [-0.4, -0.2) is 16.7 Å². The van der Waals surface area contributed by atoms with Crippen molar-refractivity contribution < 1.29 is 4.52 Å². The molecule has 18 heavy (non-hydrogen) atoms. The van der Waals surface area contributed by atoms with Crippen LogP contribution in [0.3, 0.4) is 0 Å². The Labute approximate surface area is 111 Å². The first-order valence-corrected chi connectivity index (χ1v) is 6.16. The molecule has 2 N–H and O–H groups in total. The molecule has 0 saturated heterocycles. The Morgan fingerprint density at radius 3 is 2.56 bits per heavy atom. The van der Waals surface area contributed by atoms with Crippen LogP contribution in [0, 0.1) is 0 Å². The fourth-order valence-electron chi connectivity index (χ4n) is 1.47. The monoisotopic (exact) mass is 265 g/mol. The minimum atomic E-state index is -0.286. The van der Waals surface area contributed by atoms with Gasteiger partial charge in [0.25, 0.3) is 0 Å². The molecule has 0 saturated carbocycles. The quantitative estimate of drug-likeness (QED) is 0.923. The van der Waals surface area contributed by atoms with Crippen LogP contribution in [-0.2, 0) is 11.8 Å². The standard InChI is InChI=1S/C13H16ClN3O/c1-13(2,8-15)12-16-11(17-18-12)7-9-3-5-10(14)6-4-9/h3-6H,7-8,15H2,1-2H3. The number of hydrogen-bond donors (Lipinski definition) is 1. The number of halogens is 1. The maximum atomic E-state index is 5.83. The third-order valence-electron chi connectivity index (χ3n) is 2.83. The van der Waals surface area contributed by atoms with Gasteiger partial charge in [0.2, 0.25) is 5.89 Å². The molecule has 1 aromatic carbocycles. The molecule has 0 aliphatic rings. The number of nitrogens with two attached hydrogens (primary N) is 1. The summed E-state index contributed by atoms with van der Waals surface area (Å²) in [5.41, 5.74) is 6.48. The van der Waals surface area contributed by atoms with Gasteiger partial charge >= 0.3 is 0 Å². The molecule has 0 radical (unpaired) electrons. The van der Waals surface area contributed by atoms with Gasteiger partial charge in [-0.05, 0) is 31.5 Å². The first-order chi connectivity index (χ1) is 8.51. The van der Waals surface area contributed by atoms with Crippen molar-refractivity contribution in [2.45, 2.75) is 25.7 Å². The molecule has 2 rings (SSSR count). The lowest BCUT2D eigenvalue weighted by Gasteiger charge is -2.15. The highest BCUT2D eigenvalue weighted by Crippen LogP contribution is 2.20. The summed E-state index contributed by atoms with van der Waals surface area (Å²) in [6.45, 7) is 4.43. The molecular formula is C13H16ClN3O. The smallest absolute Gasteiger partial charge is 0.233 e. The van der Waals surface area contributed by atoms with Gasteiger partial charge in [0.1, 0.15) is 0 Å². The highest BCUT2D eigenvalue weighted by atomic mass is 35.5. The van der Waals surface area contributed by atoms with Crippen molar-refractivity contribution in [1.29, 1.82) is 0 Å². The molecule has 0 amide bonds. The Bertz CT molecular complexity index is 519. The highest BCUT2D eigenvalue weighted by Gasteiger charge is 2.25. The molecule has 96 valence electrons. The van der Waals surface area contributed by atoms with Gasteiger partial charge < -0.3 is 10.3 Å². The largest absolute Gasteiger partial charge is 0.339 e. The zero-order valence-electron chi connectivity index (χ0n) is 10.5. The van der Waals surface area contributed by atoms with E-state index >= 15 is 0 Å². The summed E-state index contributed by atoms with van der Waals surface area (Å²) >= 11 is 5.83. The normalized spacial score (nSPS) is 11.8. The second kappa shape index (κ2) is 5.08. The van der Waals surface area contributed by atoms with E-state index < -0.39 is 0 Å². The minimum Gasteiger partial charge on any atom is -0.339 e. The summed E-state index contributed by atoms with van der Waals surface area (Å²) in [7, 11) is 0. The lowest BCUT2D eigenvalue weighted by Crippen LogP contribution is -2.28. The Hall–Kier alpha value is -1.39. The number of hydrogen-bond acceptors (Lipinski definition) is 4. The van der Waals surface area contributed by atoms with Crippen molar-refractivity contribution in [3.63, 3.8) is 0 Å². The van der Waals surface area contributed by atoms with Crippen LogP contribution in [0.4, 0.5) is 0 Å². The average Bonchev–Trinajstić information content (AvgIpc) is 2.81. The van der Waals surface area contributed by atoms with Crippen LogP contribution >= 0.6 is 11.6 Å². The van der Waals surface area contributed by atoms with Gasteiger partial charge in [-0.1, -0.05) is 28.9 Å². The molecule has 0 unspecified atom stereocenters. The molecule has 1 aromatic heterocycles. The van der Waals surface area contributed by atoms with E-state index in [2.05, 4.69) is 10.1 Å². The Kier molecular flexibility index (Phi) is 3.68. The molecular weight excluding hydrogens is 250 g/mol. The van der Waals surface area contributed by atoms with Gasteiger partial charge in [-0.2, -0.15) is 4.98 Å². The number of rotatable bonds is 4. The van der Waals surface area contributed by atoms with Gasteiger partial charge in [-0.3, -0.25) is 0 Å². The second-order valence-corrected chi connectivity index (χ2v) is 5.34. The first kappa shape index (κ1) is 13.1. The zero-order chi connectivity index (χ0) is 13.2. The topological polar surface area (TPSA) is 64.9 Å². The van der Waals surface area contributed by atoms with Gasteiger partial charge in [0.05, 0.1) is 5.41 Å². The van der Waals surface area contributed by atoms with E-state index in [1.54, 1.807) is 0 Å². The molecule has 0 atom stereocenters. The van der Waals surface area contributed by atoms with Crippen LogP contribution in [0.1, 0.15) is 31.1 Å². The molecule has 4 nitrogen and oxygen atoms in total. The molecule has 2 aromatic rings. The van der Waals surface area contributed by atoms with Gasteiger partial charge in [0, 0.05) is 18.0 Å². The Morgan fingerprint density at radius 2 is 1.94 bits per heavy atom. The van der Waals surface area contributed by atoms with Crippen LogP contribution in [0.25, 0.3) is 0 Å². The van der Waals surface area contributed by atoms with E-state index in [1.807, 2.05) is 38.1 Å². The third kappa shape index (κ3) is 2.89. The summed E-state index contributed by atoms with van der Waals surface area (Å²) in [4.78, 5) is 4.38. The maximum absolute atomic E-state index is 5.83. The number of benzene rings is 1. The molecule has 5 heteroatoms. The predicted octanol–water partition coefficient (Wildman–Crippen LogP) is 2.55. The molecule has 0 fully saturated rings. The molecule has 1 heterocycles. The van der Waals surface area contributed by atoms with Crippen LogP contribution < -0.4 is 5.73 Å². The summed E-state index contributed by atoms with van der Waals surface area (Å²) < 4.78 is 5.25. The first-order valence-electron chi connectivity index (χ1n) is 5.79. The van der Waals surface area contributed by atoms with Gasteiger partial charge in [-0.15, -0.1) is 0 Å². The second-order valence-electron chi connectivity index (χ2n) is 4.91. The van der Waals surface area contributed by atoms with Crippen molar-refractivity contribution in [2.75, 3.05) is 6.54 Å². The fraction of sp³-hybridized carbons (Fsp3) is 0.385. The van der Waals surface area contributed by atoms with Crippen LogP contribution in [0.15, 0.2) is 28.8 Å². The Morgan fingerprint density at radius 1 is 1.28 bits per heavy atom. The predicted molar refractivity (Wildman–Crippen MR) is 70.6 cm³/mol. The van der Waals surface area contributed by atoms with Crippen molar-refractivity contribution in [2.24, 2.45) is 5.73 Å². The summed E-state index contributed by atoms with van der Waals surface area (Å²) in [6, 6.07) is 7.60. The van der Waals surface area contributed by atoms with E-state index in [9.17, 15) is 0 Å². The van der Waals surface area contributed by atoms with Crippen LogP contribution in [0.5, 0.6) is 0 Å². The van der Waals surface area contributed by atoms with Gasteiger partial charge in [0.15, 0.2) is 5.82 Å². The summed E-state index contributed by atoms with van der Waals surface area (Å²) in [6.07, 6.45) is 0.626. The minimum absolute atomic E-state index is 0.286. The van der Waals surface area contributed by atoms with Crippen molar-refractivity contribution in [3.8, 4) is 0 Å². The summed E-state index contributed by atoms with van der Waals surface area (Å²) in [5.74, 6) is 1.24. The fourth-order valence-corrected chi connectivity index (χ4v) is 1.60. The number of aromatic nitrogens is 2. The SMILES string of the molecule is CC(C)(CN)c1nc(Cc2ccc(Cl)cc2)no1. The van der Waals surface area contributed by atoms with Crippen molar-refractivity contribution in [3.05, 3.63) is 46.6 Å². The van der Waals surface area contributed by atoms with E-state index in [4.69, 9.17) is 21.9 Å². The zero-order valence-corrected chi connectivity index (χ0v) is 11.2. The Balaban J connectivity index is 2.14. The van der Waals surface area contributed by atoms with Crippen molar-refractivity contribution >= 4 is 11.6 Å². The van der Waals surface area contributed by atoms with Crippen LogP contribution in [0.2, 0.25) is 5.02 Å². The lowest BCUT2D eigenvalue weighted by molar-refractivity contribution is 0.309. The molecule has 0 aliphatic heterocycles. The van der Waals surface area contributed by atoms with Gasteiger partial charge in [-0.25, -0.2) is 0 Å². The highest BCUT2D eigenvalue weighted by molar-refractivity contribution is 6.30. The molecule has 0 aliphatic carbocycles. The van der Waals surface area contributed by atoms with E-state index in [0.29, 0.717) is 24.7 Å². The maximum Gasteiger partial charge on any atom is 0.233 e. The van der Waals surface area contributed by atoms with E-state index in [1.165, 1.54) is 0 Å². The van der Waals surface area contributed by atoms with E-state index in [-0.39, 0.29) is 5.41 Å². The summed E-state index contributed by atoms with van der Waals surface area (Å²) in [5, 5.41) is 4.69.